The first-order valence-electron chi connectivity index (χ1n) is 5.28. The number of hydrogen-bond donors (Lipinski definition) is 2. The van der Waals surface area contributed by atoms with Gasteiger partial charge in [-0.2, -0.15) is 0 Å². The van der Waals surface area contributed by atoms with Crippen LogP contribution in [0.5, 0.6) is 11.5 Å². The van der Waals surface area contributed by atoms with Crippen molar-refractivity contribution in [2.45, 2.75) is 18.3 Å². The Morgan fingerprint density at radius 3 is 2.30 bits per heavy atom. The molecule has 0 amide bonds. The van der Waals surface area contributed by atoms with E-state index in [0.29, 0.717) is 0 Å². The maximum atomic E-state index is 13.3. The third-order valence-corrected chi connectivity index (χ3v) is 2.44. The zero-order valence-corrected chi connectivity index (χ0v) is 10.2. The number of nitrogens with two attached hydrogens (primary N) is 1. The van der Waals surface area contributed by atoms with Crippen LogP contribution in [-0.4, -0.2) is 31.1 Å². The molecule has 20 heavy (non-hydrogen) atoms. The summed E-state index contributed by atoms with van der Waals surface area (Å²) in [5.41, 5.74) is 5.03. The Kier molecular flexibility index (Phi) is 4.77. The number of alkyl halides is 5. The van der Waals surface area contributed by atoms with Gasteiger partial charge < -0.3 is 20.3 Å². The summed E-state index contributed by atoms with van der Waals surface area (Å²) in [7, 11) is 1.08. The molecule has 1 rings (SSSR count). The van der Waals surface area contributed by atoms with E-state index in [4.69, 9.17) is 15.6 Å². The van der Waals surface area contributed by atoms with Gasteiger partial charge in [0.05, 0.1) is 7.11 Å². The van der Waals surface area contributed by atoms with E-state index in [0.717, 1.165) is 25.3 Å². The van der Waals surface area contributed by atoms with Crippen LogP contribution in [-0.2, 0) is 0 Å². The number of benzene rings is 1. The Labute approximate surface area is 110 Å². The lowest BCUT2D eigenvalue weighted by atomic mass is 10.0. The lowest BCUT2D eigenvalue weighted by molar-refractivity contribution is -0.274. The predicted octanol–water partition coefficient (Wildman–Crippen LogP) is 2.22. The van der Waals surface area contributed by atoms with E-state index in [1.165, 1.54) is 0 Å². The van der Waals surface area contributed by atoms with E-state index in [-0.39, 0.29) is 11.3 Å². The molecule has 3 N–H and O–H groups in total. The molecule has 0 saturated carbocycles. The van der Waals surface area contributed by atoms with Gasteiger partial charge in [-0.1, -0.05) is 0 Å². The maximum absolute atomic E-state index is 13.3. The Morgan fingerprint density at radius 1 is 1.25 bits per heavy atom. The predicted molar refractivity (Wildman–Crippen MR) is 58.6 cm³/mol. The molecule has 0 spiro atoms. The van der Waals surface area contributed by atoms with Gasteiger partial charge in [-0.25, -0.2) is 8.78 Å². The Hall–Kier alpha value is -1.61. The molecule has 114 valence electrons. The second-order valence-electron chi connectivity index (χ2n) is 3.85. The van der Waals surface area contributed by atoms with Crippen molar-refractivity contribution < 1.29 is 36.5 Å². The number of aliphatic hydroxyl groups is 1. The summed E-state index contributed by atoms with van der Waals surface area (Å²) in [5.74, 6) is -4.57. The highest BCUT2D eigenvalue weighted by Crippen LogP contribution is 2.37. The SMILES string of the molecule is COc1cc(OC(F)(F)F)ccc1[C@@H](N)C(F)(F)CO. The molecule has 0 fully saturated rings. The quantitative estimate of drug-likeness (QED) is 0.819. The molecule has 4 nitrogen and oxygen atoms in total. The average molecular weight is 301 g/mol. The van der Waals surface area contributed by atoms with Crippen LogP contribution < -0.4 is 15.2 Å². The summed E-state index contributed by atoms with van der Waals surface area (Å²) in [5, 5.41) is 8.55. The number of hydrogen-bond acceptors (Lipinski definition) is 4. The van der Waals surface area contributed by atoms with Gasteiger partial charge >= 0.3 is 6.36 Å². The minimum absolute atomic E-state index is 0.249. The van der Waals surface area contributed by atoms with Crippen molar-refractivity contribution in [3.63, 3.8) is 0 Å². The van der Waals surface area contributed by atoms with Gasteiger partial charge in [-0.05, 0) is 12.1 Å². The molecule has 0 aliphatic heterocycles. The molecule has 0 unspecified atom stereocenters. The molecule has 0 radical (unpaired) electrons. The highest BCUT2D eigenvalue weighted by molar-refractivity contribution is 5.43. The van der Waals surface area contributed by atoms with Crippen LogP contribution in [0.1, 0.15) is 11.6 Å². The molecule has 0 saturated heterocycles. The molecule has 0 aliphatic carbocycles. The van der Waals surface area contributed by atoms with Crippen molar-refractivity contribution in [2.24, 2.45) is 5.73 Å². The van der Waals surface area contributed by atoms with Crippen LogP contribution in [0.3, 0.4) is 0 Å². The molecule has 1 aromatic carbocycles. The van der Waals surface area contributed by atoms with Crippen LogP contribution >= 0.6 is 0 Å². The second kappa shape index (κ2) is 5.80. The van der Waals surface area contributed by atoms with E-state index in [1.807, 2.05) is 0 Å². The molecule has 0 bridgehead atoms. The van der Waals surface area contributed by atoms with Crippen LogP contribution in [0.4, 0.5) is 22.0 Å². The molecular weight excluding hydrogens is 289 g/mol. The normalized spacial score (nSPS) is 14.0. The van der Waals surface area contributed by atoms with Crippen molar-refractivity contribution in [1.82, 2.24) is 0 Å². The fourth-order valence-electron chi connectivity index (χ4n) is 1.47. The van der Waals surface area contributed by atoms with Crippen molar-refractivity contribution in [2.75, 3.05) is 13.7 Å². The first-order valence-corrected chi connectivity index (χ1v) is 5.28. The zero-order valence-electron chi connectivity index (χ0n) is 10.2. The molecule has 1 aromatic rings. The standard InChI is InChI=1S/C11H12F5NO3/c1-19-8-4-6(20-11(14,15)16)2-3-7(8)9(17)10(12,13)5-18/h2-4,9,18H,5,17H2,1H3/t9-/m1/s1. The number of halogens is 5. The van der Waals surface area contributed by atoms with Gasteiger partial charge in [0.1, 0.15) is 24.1 Å². The number of methoxy groups -OCH3 is 1. The molecule has 9 heteroatoms. The second-order valence-corrected chi connectivity index (χ2v) is 3.85. The summed E-state index contributed by atoms with van der Waals surface area (Å²) in [6.45, 7) is -1.50. The third-order valence-electron chi connectivity index (χ3n) is 2.44. The fraction of sp³-hybridized carbons (Fsp3) is 0.455. The van der Waals surface area contributed by atoms with E-state index >= 15 is 0 Å². The maximum Gasteiger partial charge on any atom is 0.573 e. The summed E-state index contributed by atoms with van der Waals surface area (Å²) in [6.07, 6.45) is -4.91. The first kappa shape index (κ1) is 16.4. The van der Waals surface area contributed by atoms with Gasteiger partial charge in [0.25, 0.3) is 5.92 Å². The topological polar surface area (TPSA) is 64.7 Å². The lowest BCUT2D eigenvalue weighted by Crippen LogP contribution is -2.36. The lowest BCUT2D eigenvalue weighted by Gasteiger charge is -2.23. The third kappa shape index (κ3) is 3.94. The van der Waals surface area contributed by atoms with Crippen LogP contribution in [0.15, 0.2) is 18.2 Å². The molecule has 0 heterocycles. The van der Waals surface area contributed by atoms with Crippen LogP contribution in [0.25, 0.3) is 0 Å². The highest BCUT2D eigenvalue weighted by Gasteiger charge is 2.39. The molecule has 0 aliphatic rings. The summed E-state index contributed by atoms with van der Waals surface area (Å²) >= 11 is 0. The van der Waals surface area contributed by atoms with Gasteiger partial charge in [0, 0.05) is 11.6 Å². The van der Waals surface area contributed by atoms with E-state index < -0.39 is 30.7 Å². The van der Waals surface area contributed by atoms with Crippen LogP contribution in [0.2, 0.25) is 0 Å². The minimum atomic E-state index is -4.91. The van der Waals surface area contributed by atoms with Gasteiger partial charge in [0.2, 0.25) is 0 Å². The van der Waals surface area contributed by atoms with Crippen LogP contribution in [0, 0.1) is 0 Å². The van der Waals surface area contributed by atoms with Crippen molar-refractivity contribution >= 4 is 0 Å². The van der Waals surface area contributed by atoms with Gasteiger partial charge in [0.15, 0.2) is 0 Å². The Balaban J connectivity index is 3.11. The summed E-state index contributed by atoms with van der Waals surface area (Å²) in [4.78, 5) is 0. The van der Waals surface area contributed by atoms with Crippen molar-refractivity contribution in [3.8, 4) is 11.5 Å². The van der Waals surface area contributed by atoms with Gasteiger partial charge in [-0.3, -0.25) is 0 Å². The Bertz CT molecular complexity index is 464. The largest absolute Gasteiger partial charge is 0.573 e. The van der Waals surface area contributed by atoms with E-state index in [1.54, 1.807) is 0 Å². The highest BCUT2D eigenvalue weighted by atomic mass is 19.4. The van der Waals surface area contributed by atoms with Crippen molar-refractivity contribution in [3.05, 3.63) is 23.8 Å². The smallest absolute Gasteiger partial charge is 0.496 e. The molecular formula is C11H12F5NO3. The zero-order chi connectivity index (χ0) is 15.6. The van der Waals surface area contributed by atoms with E-state index in [9.17, 15) is 22.0 Å². The average Bonchev–Trinajstić information content (AvgIpc) is 2.35. The monoisotopic (exact) mass is 301 g/mol. The van der Waals surface area contributed by atoms with Crippen molar-refractivity contribution in [1.29, 1.82) is 0 Å². The number of aliphatic hydroxyl groups excluding tert-OH is 1. The van der Waals surface area contributed by atoms with Gasteiger partial charge in [-0.15, -0.1) is 13.2 Å². The molecule has 1 atom stereocenters. The van der Waals surface area contributed by atoms with E-state index in [2.05, 4.69) is 4.74 Å². The summed E-state index contributed by atoms with van der Waals surface area (Å²) in [6, 6.07) is 0.616. The summed E-state index contributed by atoms with van der Waals surface area (Å²) < 4.78 is 71.0. The Morgan fingerprint density at radius 2 is 1.85 bits per heavy atom. The minimum Gasteiger partial charge on any atom is -0.496 e. The number of rotatable bonds is 5. The number of ether oxygens (including phenoxy) is 2. The molecule has 0 aromatic heterocycles. The first-order chi connectivity index (χ1) is 9.10. The fourth-order valence-corrected chi connectivity index (χ4v) is 1.47.